The molecule has 1 saturated heterocycles. The second-order valence-electron chi connectivity index (χ2n) is 18.6. The van der Waals surface area contributed by atoms with Crippen LogP contribution in [0.4, 0.5) is 0 Å². The zero-order valence-corrected chi connectivity index (χ0v) is 42.1. The summed E-state index contributed by atoms with van der Waals surface area (Å²) < 4.78 is 32.3. The third kappa shape index (κ3) is 16.4. The van der Waals surface area contributed by atoms with Gasteiger partial charge in [0.05, 0.1) is 10.6 Å². The maximum atomic E-state index is 14.6. The molecule has 18 nitrogen and oxygen atoms in total. The molecule has 382 valence electrons. The van der Waals surface area contributed by atoms with E-state index in [1.807, 2.05) is 42.5 Å². The number of benzene rings is 4. The molecule has 5 atom stereocenters. The van der Waals surface area contributed by atoms with Crippen molar-refractivity contribution in [3.8, 4) is 5.75 Å². The first kappa shape index (κ1) is 55.6. The zero-order valence-electron chi connectivity index (χ0n) is 39.8. The highest BCUT2D eigenvalue weighted by molar-refractivity contribution is 7.85. The van der Waals surface area contributed by atoms with Gasteiger partial charge in [0.25, 0.3) is 16.0 Å². The molecule has 0 bridgehead atoms. The molecule has 1 aliphatic rings. The molecule has 6 amide bonds. The van der Waals surface area contributed by atoms with E-state index in [1.165, 1.54) is 35.2 Å². The third-order valence-electron chi connectivity index (χ3n) is 11.7. The van der Waals surface area contributed by atoms with Gasteiger partial charge in [-0.05, 0) is 92.5 Å². The molecule has 5 rings (SSSR count). The van der Waals surface area contributed by atoms with E-state index in [4.69, 9.17) is 23.2 Å². The number of phenols is 1. The van der Waals surface area contributed by atoms with E-state index >= 15 is 0 Å². The number of carboxylic acids is 1. The molecule has 8 N–H and O–H groups in total. The van der Waals surface area contributed by atoms with E-state index in [-0.39, 0.29) is 72.7 Å². The van der Waals surface area contributed by atoms with Crippen molar-refractivity contribution in [1.29, 1.82) is 0 Å². The second-order valence-corrected chi connectivity index (χ2v) is 20.9. The van der Waals surface area contributed by atoms with Crippen molar-refractivity contribution in [2.45, 2.75) is 127 Å². The molecule has 4 aromatic carbocycles. The van der Waals surface area contributed by atoms with Crippen LogP contribution < -0.4 is 26.6 Å². The Morgan fingerprint density at radius 1 is 0.775 bits per heavy atom. The van der Waals surface area contributed by atoms with Gasteiger partial charge in [0.1, 0.15) is 41.7 Å². The first-order valence-electron chi connectivity index (χ1n) is 23.2. The first-order valence-corrected chi connectivity index (χ1v) is 25.5. The van der Waals surface area contributed by atoms with E-state index in [2.05, 4.69) is 26.6 Å². The van der Waals surface area contributed by atoms with Gasteiger partial charge < -0.3 is 41.7 Å². The fraction of sp³-hybridized carbons (Fsp3) is 0.420. The summed E-state index contributed by atoms with van der Waals surface area (Å²) in [5.74, 6) is -6.61. The number of fused-ring (bicyclic) bond motifs is 1. The lowest BCUT2D eigenvalue weighted by molar-refractivity contribution is -0.142. The summed E-state index contributed by atoms with van der Waals surface area (Å²) in [5, 5.41) is 35.2. The predicted molar refractivity (Wildman–Crippen MR) is 267 cm³/mol. The van der Waals surface area contributed by atoms with Crippen molar-refractivity contribution < 1.29 is 56.7 Å². The van der Waals surface area contributed by atoms with Gasteiger partial charge in [-0.2, -0.15) is 8.42 Å². The van der Waals surface area contributed by atoms with Crippen LogP contribution in [0.2, 0.25) is 10.0 Å². The maximum Gasteiger partial charge on any atom is 0.303 e. The number of carboxylic acid groups (broad SMARTS) is 1. The van der Waals surface area contributed by atoms with Crippen molar-refractivity contribution in [3.05, 3.63) is 111 Å². The van der Waals surface area contributed by atoms with E-state index in [0.717, 1.165) is 16.8 Å². The SMILES string of the molecule is CCC[C@H](NC(=O)[C@H](Cc1ccc(CS(=O)(=O)O)cc1)NC(=O)c1cc(Cl)cc(Cl)c1O)C(=O)N1CCC[C@H]1C(=O)N[C@@H](Cc1cccc2ccccc12)C(=O)N[C@@H](CCCC(=O)O)C(=O)NC(C)(C)C. The van der Waals surface area contributed by atoms with Gasteiger partial charge in [-0.15, -0.1) is 0 Å². The number of nitrogens with one attached hydrogen (secondary N) is 5. The van der Waals surface area contributed by atoms with Gasteiger partial charge in [0.15, 0.2) is 0 Å². The van der Waals surface area contributed by atoms with Crippen LogP contribution in [0.15, 0.2) is 78.9 Å². The number of nitrogens with zero attached hydrogens (tertiary/aromatic N) is 1. The van der Waals surface area contributed by atoms with Crippen LogP contribution in [0.3, 0.4) is 0 Å². The molecule has 71 heavy (non-hydrogen) atoms. The minimum absolute atomic E-state index is 0.00434. The number of amides is 6. The lowest BCUT2D eigenvalue weighted by atomic mass is 9.97. The molecule has 0 aliphatic carbocycles. The Kier molecular flexibility index (Phi) is 19.4. The number of rotatable bonds is 22. The Labute approximate surface area is 422 Å². The number of halogens is 2. The van der Waals surface area contributed by atoms with Crippen molar-refractivity contribution in [2.24, 2.45) is 0 Å². The highest BCUT2D eigenvalue weighted by Crippen LogP contribution is 2.31. The Balaban J connectivity index is 1.41. The molecule has 0 radical (unpaired) electrons. The molecular formula is C50H60Cl2N6O12S. The number of likely N-dealkylation sites (tertiary alicyclic amines) is 1. The number of hydrogen-bond acceptors (Lipinski definition) is 10. The van der Waals surface area contributed by atoms with Gasteiger partial charge in [0, 0.05) is 36.4 Å². The normalized spacial score (nSPS) is 15.5. The van der Waals surface area contributed by atoms with E-state index in [9.17, 15) is 56.7 Å². The van der Waals surface area contributed by atoms with Crippen molar-refractivity contribution >= 4 is 85.5 Å². The summed E-state index contributed by atoms with van der Waals surface area (Å²) in [6.45, 7) is 7.19. The van der Waals surface area contributed by atoms with E-state index in [1.54, 1.807) is 27.7 Å². The average Bonchev–Trinajstić information content (AvgIpc) is 3.79. The Hall–Kier alpha value is -6.28. The smallest absolute Gasteiger partial charge is 0.303 e. The number of aliphatic carboxylic acids is 1. The number of aromatic hydroxyl groups is 1. The van der Waals surface area contributed by atoms with Crippen LogP contribution in [-0.4, -0.2) is 112 Å². The first-order chi connectivity index (χ1) is 33.4. The quantitative estimate of drug-likeness (QED) is 0.0470. The minimum Gasteiger partial charge on any atom is -0.506 e. The maximum absolute atomic E-state index is 14.6. The van der Waals surface area contributed by atoms with Crippen molar-refractivity contribution in [1.82, 2.24) is 31.5 Å². The van der Waals surface area contributed by atoms with Gasteiger partial charge in [-0.25, -0.2) is 0 Å². The fourth-order valence-electron chi connectivity index (χ4n) is 8.35. The van der Waals surface area contributed by atoms with E-state index in [0.29, 0.717) is 24.0 Å². The lowest BCUT2D eigenvalue weighted by Gasteiger charge is -2.31. The summed E-state index contributed by atoms with van der Waals surface area (Å²) in [5.41, 5.74) is 0.365. The largest absolute Gasteiger partial charge is 0.506 e. The zero-order chi connectivity index (χ0) is 52.2. The van der Waals surface area contributed by atoms with Crippen LogP contribution in [0.5, 0.6) is 5.75 Å². The minimum atomic E-state index is -4.35. The Bertz CT molecular complexity index is 2730. The Morgan fingerprint density at radius 3 is 2.06 bits per heavy atom. The van der Waals surface area contributed by atoms with Crippen LogP contribution in [-0.2, 0) is 57.5 Å². The predicted octanol–water partition coefficient (Wildman–Crippen LogP) is 5.24. The van der Waals surface area contributed by atoms with Gasteiger partial charge in [0.2, 0.25) is 29.5 Å². The second kappa shape index (κ2) is 24.7. The molecule has 0 spiro atoms. The lowest BCUT2D eigenvalue weighted by Crippen LogP contribution is -2.59. The molecule has 4 aromatic rings. The molecule has 1 fully saturated rings. The Morgan fingerprint density at radius 2 is 1.41 bits per heavy atom. The topological polar surface area (TPSA) is 278 Å². The molecule has 0 unspecified atom stereocenters. The van der Waals surface area contributed by atoms with Crippen molar-refractivity contribution in [2.75, 3.05) is 6.54 Å². The highest BCUT2D eigenvalue weighted by atomic mass is 35.5. The summed E-state index contributed by atoms with van der Waals surface area (Å²) >= 11 is 12.2. The number of phenolic OH excluding ortho intramolecular Hbond substituents is 1. The van der Waals surface area contributed by atoms with Gasteiger partial charge >= 0.3 is 5.97 Å². The summed E-state index contributed by atoms with van der Waals surface area (Å²) in [7, 11) is -4.35. The number of hydrogen-bond donors (Lipinski definition) is 8. The average molecular weight is 1040 g/mol. The molecule has 21 heteroatoms. The van der Waals surface area contributed by atoms with Crippen LogP contribution in [0.1, 0.15) is 99.7 Å². The monoisotopic (exact) mass is 1040 g/mol. The molecular weight excluding hydrogens is 980 g/mol. The van der Waals surface area contributed by atoms with Gasteiger partial charge in [-0.3, -0.25) is 38.1 Å². The van der Waals surface area contributed by atoms with Crippen molar-refractivity contribution in [3.63, 3.8) is 0 Å². The summed E-state index contributed by atoms with van der Waals surface area (Å²) in [6.07, 6.45) is 0.714. The highest BCUT2D eigenvalue weighted by Gasteiger charge is 2.40. The number of carbonyl (C=O) groups is 7. The number of carbonyl (C=O) groups excluding carboxylic acids is 6. The summed E-state index contributed by atoms with van der Waals surface area (Å²) in [6, 6.07) is 15.1. The standard InChI is InChI=1S/C50H60Cl2N6O12S/c1-5-11-38(54-45(63)39(24-29-19-21-30(22-20-29)28-71(68,69)70)55-44(62)35-26-33(51)27-36(52)43(35)61)49(67)58-23-10-17-41(58)48(66)56-40(25-32-14-8-13-31-12-6-7-15-34(31)32)46(64)53-37(16-9-18-42(59)60)47(65)57-50(2,3)4/h6-8,12-15,19-22,26-27,37-41,61H,5,9-11,16-18,23-25,28H2,1-4H3,(H,53,64)(H,54,63)(H,55,62)(H,56,66)(H,57,65)(H,59,60)(H,68,69,70)/t37-,38-,39-,40-,41-/m0/s1. The van der Waals surface area contributed by atoms with Crippen LogP contribution in [0, 0.1) is 0 Å². The molecule has 0 saturated carbocycles. The third-order valence-corrected chi connectivity index (χ3v) is 12.9. The van der Waals surface area contributed by atoms with Crippen LogP contribution >= 0.6 is 23.2 Å². The van der Waals surface area contributed by atoms with Crippen LogP contribution in [0.25, 0.3) is 10.8 Å². The van der Waals surface area contributed by atoms with Gasteiger partial charge in [-0.1, -0.05) is 103 Å². The van der Waals surface area contributed by atoms with E-state index < -0.39 is 98.8 Å². The molecule has 0 aromatic heterocycles. The molecule has 1 aliphatic heterocycles. The fourth-order valence-corrected chi connectivity index (χ4v) is 9.45. The summed E-state index contributed by atoms with van der Waals surface area (Å²) in [4.78, 5) is 97.6. The molecule has 1 heterocycles.